The van der Waals surface area contributed by atoms with Gasteiger partial charge in [-0.15, -0.1) is 0 Å². The van der Waals surface area contributed by atoms with Gasteiger partial charge in [0, 0.05) is 22.0 Å². The zero-order valence-electron chi connectivity index (χ0n) is 16.4. The first-order chi connectivity index (χ1) is 14.4. The molecule has 2 aromatic carbocycles. The van der Waals surface area contributed by atoms with Crippen molar-refractivity contribution in [2.24, 2.45) is 5.10 Å². The highest BCUT2D eigenvalue weighted by Crippen LogP contribution is 2.31. The Morgan fingerprint density at radius 2 is 1.93 bits per heavy atom. The number of hydrazone groups is 1. The number of fused-ring (bicyclic) bond motifs is 1. The number of benzene rings is 2. The normalized spacial score (nSPS) is 15.4. The standard InChI is InChI=1S/C22H19Cl2N3O3/c1-13-9-15(14(2)27(13)18-8-7-16(23)10-17(18)24)11-25-26-22(28)21-12-29-19-5-3-4-6-20(19)30-21/h3-11,21H,12H2,1-2H3,(H,26,28)/b25-11-/t21-/m1/s1. The average molecular weight is 444 g/mol. The second kappa shape index (κ2) is 8.42. The number of ether oxygens (including phenoxy) is 2. The molecule has 0 bridgehead atoms. The summed E-state index contributed by atoms with van der Waals surface area (Å²) < 4.78 is 13.3. The lowest BCUT2D eigenvalue weighted by atomic mass is 10.2. The Morgan fingerprint density at radius 3 is 2.70 bits per heavy atom. The number of rotatable bonds is 4. The fourth-order valence-corrected chi connectivity index (χ4v) is 3.83. The van der Waals surface area contributed by atoms with Crippen molar-refractivity contribution in [2.45, 2.75) is 20.0 Å². The Bertz CT molecular complexity index is 1140. The Balaban J connectivity index is 1.47. The van der Waals surface area contributed by atoms with Crippen LogP contribution in [0.3, 0.4) is 0 Å². The molecule has 0 radical (unpaired) electrons. The lowest BCUT2D eigenvalue weighted by Gasteiger charge is -2.24. The third kappa shape index (κ3) is 4.01. The van der Waals surface area contributed by atoms with Crippen molar-refractivity contribution in [3.05, 3.63) is 75.5 Å². The number of carbonyl (C=O) groups excluding carboxylic acids is 1. The van der Waals surface area contributed by atoms with E-state index >= 15 is 0 Å². The molecule has 0 saturated heterocycles. The van der Waals surface area contributed by atoms with Crippen LogP contribution in [0, 0.1) is 13.8 Å². The van der Waals surface area contributed by atoms with Crippen LogP contribution in [0.4, 0.5) is 0 Å². The van der Waals surface area contributed by atoms with Gasteiger partial charge in [0.2, 0.25) is 6.10 Å². The maximum absolute atomic E-state index is 12.4. The first-order valence-corrected chi connectivity index (χ1v) is 10.1. The number of aryl methyl sites for hydroxylation is 1. The summed E-state index contributed by atoms with van der Waals surface area (Å²) in [5.74, 6) is 0.782. The number of amides is 1. The lowest BCUT2D eigenvalue weighted by Crippen LogP contribution is -2.42. The summed E-state index contributed by atoms with van der Waals surface area (Å²) in [6, 6.07) is 14.6. The molecule has 8 heteroatoms. The quantitative estimate of drug-likeness (QED) is 0.469. The molecule has 6 nitrogen and oxygen atoms in total. The molecule has 0 unspecified atom stereocenters. The van der Waals surface area contributed by atoms with Crippen LogP contribution in [0.15, 0.2) is 53.6 Å². The van der Waals surface area contributed by atoms with Crippen molar-refractivity contribution in [3.63, 3.8) is 0 Å². The summed E-state index contributed by atoms with van der Waals surface area (Å²) in [5.41, 5.74) is 6.10. The van der Waals surface area contributed by atoms with Crippen molar-refractivity contribution >= 4 is 35.3 Å². The van der Waals surface area contributed by atoms with E-state index in [9.17, 15) is 4.79 Å². The highest BCUT2D eigenvalue weighted by atomic mass is 35.5. The third-order valence-corrected chi connectivity index (χ3v) is 5.34. The number of hydrogen-bond acceptors (Lipinski definition) is 4. The minimum atomic E-state index is -0.766. The molecule has 154 valence electrons. The molecule has 0 fully saturated rings. The number of carbonyl (C=O) groups is 1. The maximum atomic E-state index is 12.4. The predicted molar refractivity (Wildman–Crippen MR) is 117 cm³/mol. The van der Waals surface area contributed by atoms with E-state index < -0.39 is 6.10 Å². The molecule has 1 amide bonds. The summed E-state index contributed by atoms with van der Waals surface area (Å²) >= 11 is 12.4. The Morgan fingerprint density at radius 1 is 1.17 bits per heavy atom. The second-order valence-corrected chi connectivity index (χ2v) is 7.70. The van der Waals surface area contributed by atoms with E-state index in [1.807, 2.05) is 42.7 Å². The molecule has 2 heterocycles. The van der Waals surface area contributed by atoms with Gasteiger partial charge in [0.05, 0.1) is 16.9 Å². The zero-order chi connectivity index (χ0) is 21.3. The highest BCUT2D eigenvalue weighted by molar-refractivity contribution is 6.35. The SMILES string of the molecule is Cc1cc(/C=N\NC(=O)[C@H]2COc3ccccc3O2)c(C)n1-c1ccc(Cl)cc1Cl. The van der Waals surface area contributed by atoms with Crippen LogP contribution >= 0.6 is 23.2 Å². The Hall–Kier alpha value is -2.96. The van der Waals surface area contributed by atoms with Crippen LogP contribution < -0.4 is 14.9 Å². The van der Waals surface area contributed by atoms with Gasteiger partial charge in [0.25, 0.3) is 5.91 Å². The number of hydrogen-bond donors (Lipinski definition) is 1. The van der Waals surface area contributed by atoms with E-state index in [0.29, 0.717) is 21.5 Å². The van der Waals surface area contributed by atoms with Gasteiger partial charge in [-0.3, -0.25) is 4.79 Å². The molecule has 0 aliphatic carbocycles. The van der Waals surface area contributed by atoms with Crippen molar-refractivity contribution in [1.29, 1.82) is 0 Å². The summed E-state index contributed by atoms with van der Waals surface area (Å²) in [4.78, 5) is 12.4. The smallest absolute Gasteiger partial charge is 0.284 e. The molecule has 1 aliphatic rings. The molecule has 4 rings (SSSR count). The van der Waals surface area contributed by atoms with E-state index in [-0.39, 0.29) is 12.5 Å². The highest BCUT2D eigenvalue weighted by Gasteiger charge is 2.27. The molecule has 3 aromatic rings. The molecular weight excluding hydrogens is 425 g/mol. The fourth-order valence-electron chi connectivity index (χ4n) is 3.34. The van der Waals surface area contributed by atoms with Crippen molar-refractivity contribution in [2.75, 3.05) is 6.61 Å². The molecule has 1 atom stereocenters. The van der Waals surface area contributed by atoms with E-state index in [1.165, 1.54) is 0 Å². The van der Waals surface area contributed by atoms with Gasteiger partial charge in [-0.25, -0.2) is 5.43 Å². The van der Waals surface area contributed by atoms with Gasteiger partial charge in [0.15, 0.2) is 11.5 Å². The first-order valence-electron chi connectivity index (χ1n) is 9.30. The summed E-state index contributed by atoms with van der Waals surface area (Å²) in [6.07, 6.45) is 0.829. The van der Waals surface area contributed by atoms with Gasteiger partial charge in [-0.2, -0.15) is 5.10 Å². The number of halogens is 2. The first kappa shape index (κ1) is 20.3. The molecule has 0 saturated carbocycles. The molecule has 1 N–H and O–H groups in total. The van der Waals surface area contributed by atoms with Crippen LogP contribution in [0.1, 0.15) is 17.0 Å². The second-order valence-electron chi connectivity index (χ2n) is 6.86. The van der Waals surface area contributed by atoms with Crippen LogP contribution in [0.5, 0.6) is 11.5 Å². The van der Waals surface area contributed by atoms with Gasteiger partial charge in [-0.1, -0.05) is 35.3 Å². The van der Waals surface area contributed by atoms with Crippen LogP contribution in [0.2, 0.25) is 10.0 Å². The van der Waals surface area contributed by atoms with Crippen molar-refractivity contribution < 1.29 is 14.3 Å². The summed E-state index contributed by atoms with van der Waals surface area (Å²) in [5, 5.41) is 5.22. The molecule has 30 heavy (non-hydrogen) atoms. The van der Waals surface area contributed by atoms with E-state index in [2.05, 4.69) is 10.5 Å². The van der Waals surface area contributed by atoms with Crippen molar-refractivity contribution in [1.82, 2.24) is 9.99 Å². The van der Waals surface area contributed by atoms with Crippen LogP contribution in [-0.2, 0) is 4.79 Å². The Labute approximate surface area is 184 Å². The van der Waals surface area contributed by atoms with E-state index in [1.54, 1.807) is 30.5 Å². The minimum Gasteiger partial charge on any atom is -0.485 e. The van der Waals surface area contributed by atoms with Gasteiger partial charge in [0.1, 0.15) is 6.61 Å². The van der Waals surface area contributed by atoms with Crippen LogP contribution in [0.25, 0.3) is 5.69 Å². The number of para-hydroxylation sites is 2. The van der Waals surface area contributed by atoms with Crippen molar-refractivity contribution in [3.8, 4) is 17.2 Å². The van der Waals surface area contributed by atoms with E-state index in [4.69, 9.17) is 32.7 Å². The lowest BCUT2D eigenvalue weighted by molar-refractivity contribution is -0.130. The van der Waals surface area contributed by atoms with Gasteiger partial charge >= 0.3 is 0 Å². The number of nitrogens with one attached hydrogen (secondary N) is 1. The topological polar surface area (TPSA) is 64.8 Å². The van der Waals surface area contributed by atoms with Gasteiger partial charge in [-0.05, 0) is 50.2 Å². The van der Waals surface area contributed by atoms with E-state index in [0.717, 1.165) is 22.6 Å². The average Bonchev–Trinajstić information content (AvgIpc) is 3.01. The molecular formula is C22H19Cl2N3O3. The Kier molecular flexibility index (Phi) is 5.70. The minimum absolute atomic E-state index is 0.127. The monoisotopic (exact) mass is 443 g/mol. The number of aromatic nitrogens is 1. The van der Waals surface area contributed by atoms with Gasteiger partial charge < -0.3 is 14.0 Å². The number of nitrogens with zero attached hydrogens (tertiary/aromatic N) is 2. The third-order valence-electron chi connectivity index (χ3n) is 4.80. The fraction of sp³-hybridized carbons (Fsp3) is 0.182. The summed E-state index contributed by atoms with van der Waals surface area (Å²) in [6.45, 7) is 4.05. The molecule has 1 aliphatic heterocycles. The largest absolute Gasteiger partial charge is 0.485 e. The predicted octanol–water partition coefficient (Wildman–Crippen LogP) is 4.69. The molecule has 1 aromatic heterocycles. The molecule has 0 spiro atoms. The zero-order valence-corrected chi connectivity index (χ0v) is 17.9. The summed E-state index contributed by atoms with van der Waals surface area (Å²) in [7, 11) is 0. The van der Waals surface area contributed by atoms with Crippen LogP contribution in [-0.4, -0.2) is 29.4 Å². The maximum Gasteiger partial charge on any atom is 0.284 e.